The van der Waals surface area contributed by atoms with Gasteiger partial charge in [-0.1, -0.05) is 0 Å². The second kappa shape index (κ2) is 5.81. The van der Waals surface area contributed by atoms with E-state index in [1.807, 2.05) is 0 Å². The molecule has 1 aliphatic heterocycles. The maximum Gasteiger partial charge on any atom is 0.358 e. The molecule has 1 aromatic heterocycles. The normalized spacial score (nSPS) is 22.9. The fourth-order valence-corrected chi connectivity index (χ4v) is 2.67. The molecule has 0 unspecified atom stereocenters. The van der Waals surface area contributed by atoms with Gasteiger partial charge in [0.2, 0.25) is 0 Å². The summed E-state index contributed by atoms with van der Waals surface area (Å²) in [5, 5.41) is 0. The number of carbonyl (C=O) groups excluding carboxylic acids is 1. The van der Waals surface area contributed by atoms with Crippen LogP contribution in [-0.2, 0) is 4.74 Å². The minimum Gasteiger partial charge on any atom is -0.464 e. The van der Waals surface area contributed by atoms with Gasteiger partial charge in [-0.05, 0) is 38.1 Å². The summed E-state index contributed by atoms with van der Waals surface area (Å²) in [5.41, 5.74) is -0.302. The fraction of sp³-hybridized carbons (Fsp3) is 0.353. The largest absolute Gasteiger partial charge is 0.464 e. The molecule has 5 nitrogen and oxygen atoms in total. The molecule has 1 saturated heterocycles. The summed E-state index contributed by atoms with van der Waals surface area (Å²) in [4.78, 5) is 22.1. The van der Waals surface area contributed by atoms with Crippen molar-refractivity contribution in [2.45, 2.75) is 25.6 Å². The van der Waals surface area contributed by atoms with E-state index in [0.717, 1.165) is 0 Å². The number of esters is 1. The highest BCUT2D eigenvalue weighted by Crippen LogP contribution is 2.39. The van der Waals surface area contributed by atoms with E-state index in [-0.39, 0.29) is 24.1 Å². The zero-order chi connectivity index (χ0) is 17.5. The van der Waals surface area contributed by atoms with Crippen LogP contribution in [0.5, 0.6) is 0 Å². The van der Waals surface area contributed by atoms with Gasteiger partial charge < -0.3 is 9.64 Å². The second-order valence-corrected chi connectivity index (χ2v) is 6.01. The molecule has 0 spiro atoms. The molecule has 24 heavy (non-hydrogen) atoms. The van der Waals surface area contributed by atoms with E-state index in [9.17, 15) is 13.6 Å². The van der Waals surface area contributed by atoms with Crippen molar-refractivity contribution in [2.75, 3.05) is 18.6 Å². The van der Waals surface area contributed by atoms with Crippen molar-refractivity contribution in [1.29, 1.82) is 0 Å². The van der Waals surface area contributed by atoms with Crippen LogP contribution in [0.3, 0.4) is 0 Å². The molecule has 0 radical (unpaired) electrons. The summed E-state index contributed by atoms with van der Waals surface area (Å²) < 4.78 is 32.0. The molecular weight excluding hydrogens is 316 g/mol. The van der Waals surface area contributed by atoms with Crippen molar-refractivity contribution in [3.05, 3.63) is 42.0 Å². The van der Waals surface area contributed by atoms with E-state index in [1.165, 1.54) is 32.4 Å². The number of anilines is 1. The maximum absolute atomic E-state index is 14.2. The van der Waals surface area contributed by atoms with Crippen LogP contribution in [0.1, 0.15) is 24.3 Å². The number of aromatic nitrogens is 2. The van der Waals surface area contributed by atoms with Gasteiger partial charge in [0.15, 0.2) is 11.5 Å². The predicted octanol–water partition coefficient (Wildman–Crippen LogP) is 3.01. The SMILES string of the molecule is COC(=O)c1cnc(N2C[C@](C)(F)[C@H]2C)c(-c2ccc(F)cc2)n1. The molecule has 7 heteroatoms. The summed E-state index contributed by atoms with van der Waals surface area (Å²) in [6.45, 7) is 3.46. The van der Waals surface area contributed by atoms with Gasteiger partial charge in [0.05, 0.1) is 25.9 Å². The minimum absolute atomic E-state index is 0.0387. The Kier molecular flexibility index (Phi) is 3.95. The van der Waals surface area contributed by atoms with Crippen LogP contribution >= 0.6 is 0 Å². The van der Waals surface area contributed by atoms with Crippen molar-refractivity contribution < 1.29 is 18.3 Å². The van der Waals surface area contributed by atoms with Gasteiger partial charge in [-0.3, -0.25) is 0 Å². The second-order valence-electron chi connectivity index (χ2n) is 6.01. The quantitative estimate of drug-likeness (QED) is 0.808. The van der Waals surface area contributed by atoms with Crippen molar-refractivity contribution in [1.82, 2.24) is 9.97 Å². The number of nitrogens with zero attached hydrogens (tertiary/aromatic N) is 3. The number of alkyl halides is 1. The molecule has 3 rings (SSSR count). The molecule has 1 aromatic carbocycles. The standard InChI is InChI=1S/C17H17F2N3O2/c1-10-17(2,19)9-22(10)15-14(11-4-6-12(18)7-5-11)21-13(8-20-15)16(23)24-3/h4-8,10H,9H2,1-3H3/t10-,17+/m1/s1. The van der Waals surface area contributed by atoms with Crippen molar-refractivity contribution in [3.63, 3.8) is 0 Å². The highest BCUT2D eigenvalue weighted by atomic mass is 19.1. The first kappa shape index (κ1) is 16.3. The van der Waals surface area contributed by atoms with E-state index >= 15 is 0 Å². The summed E-state index contributed by atoms with van der Waals surface area (Å²) in [7, 11) is 1.25. The van der Waals surface area contributed by atoms with Gasteiger partial charge in [0.1, 0.15) is 17.2 Å². The first-order chi connectivity index (χ1) is 11.3. The Morgan fingerprint density at radius 1 is 1.38 bits per heavy atom. The zero-order valence-electron chi connectivity index (χ0n) is 13.6. The number of halogens is 2. The minimum atomic E-state index is -1.32. The molecule has 126 valence electrons. The number of ether oxygens (including phenoxy) is 1. The number of methoxy groups -OCH3 is 1. The van der Waals surface area contributed by atoms with E-state index in [2.05, 4.69) is 14.7 Å². The lowest BCUT2D eigenvalue weighted by atomic mass is 9.88. The molecule has 1 aliphatic rings. The molecule has 0 bridgehead atoms. The lowest BCUT2D eigenvalue weighted by Crippen LogP contribution is -2.65. The number of hydrogen-bond donors (Lipinski definition) is 0. The van der Waals surface area contributed by atoms with Crippen LogP contribution < -0.4 is 4.90 Å². The smallest absolute Gasteiger partial charge is 0.358 e. The third-order valence-electron chi connectivity index (χ3n) is 4.36. The van der Waals surface area contributed by atoms with Crippen LogP contribution in [0.4, 0.5) is 14.6 Å². The number of rotatable bonds is 3. The van der Waals surface area contributed by atoms with Crippen molar-refractivity contribution >= 4 is 11.8 Å². The molecule has 0 amide bonds. The summed E-state index contributed by atoms with van der Waals surface area (Å²) in [6.07, 6.45) is 1.30. The van der Waals surface area contributed by atoms with Gasteiger partial charge in [-0.15, -0.1) is 0 Å². The molecule has 0 saturated carbocycles. The molecule has 1 fully saturated rings. The Morgan fingerprint density at radius 3 is 2.58 bits per heavy atom. The third kappa shape index (κ3) is 2.70. The highest BCUT2D eigenvalue weighted by Gasteiger charge is 2.48. The lowest BCUT2D eigenvalue weighted by molar-refractivity contribution is 0.0593. The fourth-order valence-electron chi connectivity index (χ4n) is 2.67. The maximum atomic E-state index is 14.2. The van der Waals surface area contributed by atoms with E-state index < -0.39 is 11.6 Å². The van der Waals surface area contributed by atoms with E-state index in [4.69, 9.17) is 0 Å². The first-order valence-corrected chi connectivity index (χ1v) is 7.50. The van der Waals surface area contributed by atoms with Crippen LogP contribution in [0.15, 0.2) is 30.5 Å². The molecule has 2 aromatic rings. The number of carbonyl (C=O) groups is 1. The van der Waals surface area contributed by atoms with Crippen LogP contribution in [0, 0.1) is 5.82 Å². The molecule has 2 heterocycles. The van der Waals surface area contributed by atoms with E-state index in [0.29, 0.717) is 17.1 Å². The number of benzene rings is 1. The Labute approximate surface area is 138 Å². The van der Waals surface area contributed by atoms with Crippen molar-refractivity contribution in [2.24, 2.45) is 0 Å². The molecule has 0 aliphatic carbocycles. The van der Waals surface area contributed by atoms with E-state index in [1.54, 1.807) is 24.0 Å². The number of hydrogen-bond acceptors (Lipinski definition) is 5. The Bertz CT molecular complexity index is 778. The predicted molar refractivity (Wildman–Crippen MR) is 85.1 cm³/mol. The average Bonchev–Trinajstić information content (AvgIpc) is 2.59. The van der Waals surface area contributed by atoms with Crippen molar-refractivity contribution in [3.8, 4) is 11.3 Å². The Morgan fingerprint density at radius 2 is 2.04 bits per heavy atom. The Hall–Kier alpha value is -2.57. The first-order valence-electron chi connectivity index (χ1n) is 7.50. The van der Waals surface area contributed by atoms with Crippen LogP contribution in [0.2, 0.25) is 0 Å². The average molecular weight is 333 g/mol. The Balaban J connectivity index is 2.08. The van der Waals surface area contributed by atoms with Gasteiger partial charge in [-0.2, -0.15) is 0 Å². The molecule has 2 atom stereocenters. The zero-order valence-corrected chi connectivity index (χ0v) is 13.6. The van der Waals surface area contributed by atoms with Gasteiger partial charge in [0.25, 0.3) is 0 Å². The van der Waals surface area contributed by atoms with Gasteiger partial charge in [-0.25, -0.2) is 23.5 Å². The van der Waals surface area contributed by atoms with Gasteiger partial charge >= 0.3 is 5.97 Å². The highest BCUT2D eigenvalue weighted by molar-refractivity contribution is 5.88. The summed E-state index contributed by atoms with van der Waals surface area (Å²) >= 11 is 0. The molecule has 0 N–H and O–H groups in total. The lowest BCUT2D eigenvalue weighted by Gasteiger charge is -2.50. The molecular formula is C17H17F2N3O2. The summed E-state index contributed by atoms with van der Waals surface area (Å²) in [6, 6.07) is 5.30. The van der Waals surface area contributed by atoms with Crippen LogP contribution in [-0.4, -0.2) is 41.3 Å². The monoisotopic (exact) mass is 333 g/mol. The third-order valence-corrected chi connectivity index (χ3v) is 4.36. The summed E-state index contributed by atoms with van der Waals surface area (Å²) in [5.74, 6) is -0.549. The van der Waals surface area contributed by atoms with Crippen LogP contribution in [0.25, 0.3) is 11.3 Å². The topological polar surface area (TPSA) is 55.3 Å². The van der Waals surface area contributed by atoms with Gasteiger partial charge in [0, 0.05) is 5.56 Å².